The van der Waals surface area contributed by atoms with Gasteiger partial charge in [-0.1, -0.05) is 23.7 Å². The van der Waals surface area contributed by atoms with Gasteiger partial charge in [0.2, 0.25) is 5.91 Å². The molecule has 0 bridgehead atoms. The molecule has 1 saturated heterocycles. The molecule has 0 unspecified atom stereocenters. The quantitative estimate of drug-likeness (QED) is 0.425. The summed E-state index contributed by atoms with van der Waals surface area (Å²) in [6, 6.07) is 10.6. The highest BCUT2D eigenvalue weighted by molar-refractivity contribution is 7.26. The van der Waals surface area contributed by atoms with E-state index in [9.17, 15) is 9.18 Å². The van der Waals surface area contributed by atoms with E-state index in [0.717, 1.165) is 39.3 Å². The summed E-state index contributed by atoms with van der Waals surface area (Å²) in [6.45, 7) is 3.35. The summed E-state index contributed by atoms with van der Waals surface area (Å²) < 4.78 is 16.1. The summed E-state index contributed by atoms with van der Waals surface area (Å²) in [4.78, 5) is 23.8. The van der Waals surface area contributed by atoms with Crippen molar-refractivity contribution in [2.24, 2.45) is 5.92 Å². The number of thiophene rings is 1. The average Bonchev–Trinajstić information content (AvgIpc) is 3.16. The van der Waals surface area contributed by atoms with Crippen LogP contribution in [0.5, 0.6) is 0 Å². The molecule has 1 N–H and O–H groups in total. The van der Waals surface area contributed by atoms with Crippen LogP contribution in [-0.2, 0) is 4.79 Å². The molecular formula is C23H20ClFN4OS. The predicted molar refractivity (Wildman–Crippen MR) is 125 cm³/mol. The molecule has 1 aliphatic heterocycles. The third kappa shape index (κ3) is 3.72. The van der Waals surface area contributed by atoms with Crippen molar-refractivity contribution < 1.29 is 9.18 Å². The lowest BCUT2D eigenvalue weighted by molar-refractivity contribution is -0.120. The number of hydrogen-bond acceptors (Lipinski definition) is 5. The molecule has 8 heteroatoms. The number of carbonyl (C=O) groups is 1. The van der Waals surface area contributed by atoms with Crippen molar-refractivity contribution >= 4 is 60.7 Å². The first-order chi connectivity index (χ1) is 15.0. The van der Waals surface area contributed by atoms with Gasteiger partial charge in [-0.05, 0) is 49.6 Å². The summed E-state index contributed by atoms with van der Waals surface area (Å²) in [6.07, 6.45) is 2.93. The minimum Gasteiger partial charge on any atom is -0.355 e. The second kappa shape index (κ2) is 8.05. The molecule has 4 aromatic rings. The Kier molecular flexibility index (Phi) is 5.24. The number of fused-ring (bicyclic) bond motifs is 3. The van der Waals surface area contributed by atoms with E-state index in [-0.39, 0.29) is 17.6 Å². The van der Waals surface area contributed by atoms with Gasteiger partial charge in [-0.15, -0.1) is 11.3 Å². The number of aromatic nitrogens is 2. The van der Waals surface area contributed by atoms with Crippen molar-refractivity contribution in [3.63, 3.8) is 0 Å². The topological polar surface area (TPSA) is 58.1 Å². The van der Waals surface area contributed by atoms with Crippen LogP contribution in [0.3, 0.4) is 0 Å². The monoisotopic (exact) mass is 454 g/mol. The zero-order valence-corrected chi connectivity index (χ0v) is 18.4. The van der Waals surface area contributed by atoms with Crippen molar-refractivity contribution in [1.29, 1.82) is 0 Å². The zero-order valence-electron chi connectivity index (χ0n) is 16.9. The molecule has 1 aliphatic rings. The maximum Gasteiger partial charge on any atom is 0.227 e. The van der Waals surface area contributed by atoms with Crippen molar-refractivity contribution in [3.05, 3.63) is 59.1 Å². The average molecular weight is 455 g/mol. The van der Waals surface area contributed by atoms with Gasteiger partial charge in [0.1, 0.15) is 18.0 Å². The normalized spacial score (nSPS) is 15.0. The first kappa shape index (κ1) is 20.2. The number of hydrogen-bond donors (Lipinski definition) is 1. The fourth-order valence-corrected chi connectivity index (χ4v) is 5.47. The Bertz CT molecular complexity index is 1300. The predicted octanol–water partition coefficient (Wildman–Crippen LogP) is 5.80. The number of nitrogens with one attached hydrogen (secondary N) is 1. The number of nitrogens with zero attached hydrogens (tertiary/aromatic N) is 3. The highest BCUT2D eigenvalue weighted by atomic mass is 35.5. The molecule has 5 rings (SSSR count). The molecule has 31 heavy (non-hydrogen) atoms. The number of benzene rings is 2. The molecule has 0 atom stereocenters. The van der Waals surface area contributed by atoms with Gasteiger partial charge in [-0.25, -0.2) is 14.4 Å². The number of amides is 1. The van der Waals surface area contributed by atoms with Gasteiger partial charge in [0.15, 0.2) is 0 Å². The van der Waals surface area contributed by atoms with Crippen LogP contribution in [0.4, 0.5) is 15.9 Å². The Balaban J connectivity index is 1.34. The maximum atomic E-state index is 14.4. The van der Waals surface area contributed by atoms with Crippen LogP contribution in [-0.4, -0.2) is 29.0 Å². The second-order valence-electron chi connectivity index (χ2n) is 7.80. The molecular weight excluding hydrogens is 435 g/mol. The summed E-state index contributed by atoms with van der Waals surface area (Å²) in [5, 5.41) is 4.18. The van der Waals surface area contributed by atoms with E-state index in [1.54, 1.807) is 12.1 Å². The Labute approximate surface area is 187 Å². The highest BCUT2D eigenvalue weighted by Crippen LogP contribution is 2.39. The number of carbonyl (C=O) groups excluding carboxylic acids is 1. The van der Waals surface area contributed by atoms with Crippen LogP contribution in [0.2, 0.25) is 5.02 Å². The van der Waals surface area contributed by atoms with Crippen LogP contribution in [0.1, 0.15) is 18.4 Å². The molecule has 5 nitrogen and oxygen atoms in total. The summed E-state index contributed by atoms with van der Waals surface area (Å²) >= 11 is 7.58. The lowest BCUT2D eigenvalue weighted by Crippen LogP contribution is -2.38. The lowest BCUT2D eigenvalue weighted by atomic mass is 9.95. The smallest absolute Gasteiger partial charge is 0.227 e. The molecule has 0 aliphatic carbocycles. The van der Waals surface area contributed by atoms with E-state index < -0.39 is 0 Å². The summed E-state index contributed by atoms with van der Waals surface area (Å²) in [5.41, 5.74) is 2.39. The Morgan fingerprint density at radius 2 is 2.03 bits per heavy atom. The van der Waals surface area contributed by atoms with E-state index in [1.807, 2.05) is 25.1 Å². The maximum absolute atomic E-state index is 14.4. The second-order valence-corrected chi connectivity index (χ2v) is 9.29. The summed E-state index contributed by atoms with van der Waals surface area (Å²) in [5.74, 6) is 0.490. The van der Waals surface area contributed by atoms with Crippen molar-refractivity contribution in [3.8, 4) is 0 Å². The highest BCUT2D eigenvalue weighted by Gasteiger charge is 2.27. The summed E-state index contributed by atoms with van der Waals surface area (Å²) in [7, 11) is 0. The molecule has 0 radical (unpaired) electrons. The number of anilines is 2. The van der Waals surface area contributed by atoms with E-state index in [0.29, 0.717) is 29.0 Å². The largest absolute Gasteiger partial charge is 0.355 e. The van der Waals surface area contributed by atoms with Gasteiger partial charge >= 0.3 is 0 Å². The molecule has 3 heterocycles. The number of halogens is 2. The molecule has 0 spiro atoms. The number of aryl methyl sites for hydroxylation is 1. The third-order valence-electron chi connectivity index (χ3n) is 5.83. The molecule has 2 aromatic carbocycles. The molecule has 158 valence electrons. The van der Waals surface area contributed by atoms with E-state index in [4.69, 9.17) is 11.6 Å². The van der Waals surface area contributed by atoms with Gasteiger partial charge in [-0.2, -0.15) is 0 Å². The van der Waals surface area contributed by atoms with Crippen LogP contribution < -0.4 is 10.2 Å². The third-order valence-corrected chi connectivity index (χ3v) is 7.21. The first-order valence-electron chi connectivity index (χ1n) is 10.1. The SMILES string of the molecule is Cc1ccc(Cl)cc1NC(=O)C1CCN(c2ncnc3c2sc2cccc(F)c23)CC1. The molecule has 0 saturated carbocycles. The Morgan fingerprint density at radius 1 is 1.23 bits per heavy atom. The van der Waals surface area contributed by atoms with Gasteiger partial charge in [0, 0.05) is 34.4 Å². The van der Waals surface area contributed by atoms with Crippen LogP contribution in [0.15, 0.2) is 42.7 Å². The van der Waals surface area contributed by atoms with E-state index in [2.05, 4.69) is 20.2 Å². The number of rotatable bonds is 3. The van der Waals surface area contributed by atoms with Crippen LogP contribution >= 0.6 is 22.9 Å². The first-order valence-corrected chi connectivity index (χ1v) is 11.3. The van der Waals surface area contributed by atoms with Gasteiger partial charge in [-0.3, -0.25) is 4.79 Å². The van der Waals surface area contributed by atoms with Crippen molar-refractivity contribution in [1.82, 2.24) is 9.97 Å². The lowest BCUT2D eigenvalue weighted by Gasteiger charge is -2.32. The fourth-order valence-electron chi connectivity index (χ4n) is 4.11. The minimum absolute atomic E-state index is 0.0155. The molecule has 1 fully saturated rings. The van der Waals surface area contributed by atoms with E-state index >= 15 is 0 Å². The molecule has 2 aromatic heterocycles. The van der Waals surface area contributed by atoms with E-state index in [1.165, 1.54) is 23.7 Å². The van der Waals surface area contributed by atoms with Gasteiger partial charge in [0.05, 0.1) is 15.6 Å². The standard InChI is InChI=1S/C23H20ClFN4OS/c1-13-5-6-15(24)11-17(13)28-23(30)14-7-9-29(10-8-14)22-21-20(26-12-27-22)19-16(25)3-2-4-18(19)31-21/h2-6,11-12,14H,7-10H2,1H3,(H,28,30). The van der Waals surface area contributed by atoms with Gasteiger partial charge < -0.3 is 10.2 Å². The van der Waals surface area contributed by atoms with Crippen LogP contribution in [0, 0.1) is 18.7 Å². The Morgan fingerprint density at radius 3 is 2.84 bits per heavy atom. The zero-order chi connectivity index (χ0) is 21.5. The van der Waals surface area contributed by atoms with Gasteiger partial charge in [0.25, 0.3) is 0 Å². The van der Waals surface area contributed by atoms with Crippen LogP contribution in [0.25, 0.3) is 20.3 Å². The van der Waals surface area contributed by atoms with Crippen molar-refractivity contribution in [2.45, 2.75) is 19.8 Å². The Hall–Kier alpha value is -2.77. The fraction of sp³-hybridized carbons (Fsp3) is 0.261. The van der Waals surface area contributed by atoms with Crippen molar-refractivity contribution in [2.75, 3.05) is 23.3 Å². The molecule has 1 amide bonds. The minimum atomic E-state index is -0.264. The number of piperidine rings is 1.